The van der Waals surface area contributed by atoms with Gasteiger partial charge in [0.05, 0.1) is 32.8 Å². The molecule has 0 aliphatic carbocycles. The van der Waals surface area contributed by atoms with Crippen LogP contribution in [0.4, 0.5) is 0 Å². The lowest BCUT2D eigenvalue weighted by Gasteiger charge is -2.12. The molecule has 4 aromatic heterocycles. The molecule has 0 aliphatic rings. The van der Waals surface area contributed by atoms with E-state index in [1.54, 1.807) is 0 Å². The highest BCUT2D eigenvalue weighted by atomic mass is 32.1. The molecule has 0 N–H and O–H groups in total. The molecular weight excluding hydrogens is 685 g/mol. The third kappa shape index (κ3) is 4.20. The summed E-state index contributed by atoms with van der Waals surface area (Å²) in [5.41, 5.74) is 6.84. The summed E-state index contributed by atoms with van der Waals surface area (Å²) in [5, 5.41) is 9.72. The maximum Gasteiger partial charge on any atom is 0.137 e. The third-order valence-corrected chi connectivity index (χ3v) is 13.1. The Balaban J connectivity index is 1.06. The summed E-state index contributed by atoms with van der Waals surface area (Å²) < 4.78 is 17.1. The Morgan fingerprint density at radius 1 is 0.321 bits per heavy atom. The summed E-state index contributed by atoms with van der Waals surface area (Å²) in [7, 11) is 0. The van der Waals surface area contributed by atoms with Crippen molar-refractivity contribution in [2.45, 2.75) is 0 Å². The molecular formula is C48H28N2OS2. The van der Waals surface area contributed by atoms with Crippen LogP contribution in [0.5, 0.6) is 11.5 Å². The van der Waals surface area contributed by atoms with Gasteiger partial charge in [0.15, 0.2) is 0 Å². The molecule has 4 heterocycles. The van der Waals surface area contributed by atoms with Gasteiger partial charge in [-0.25, -0.2) is 0 Å². The van der Waals surface area contributed by atoms with Crippen molar-refractivity contribution in [2.75, 3.05) is 0 Å². The monoisotopic (exact) mass is 712 g/mol. The van der Waals surface area contributed by atoms with Crippen LogP contribution in [0.1, 0.15) is 0 Å². The molecule has 0 saturated carbocycles. The Morgan fingerprint density at radius 2 is 0.717 bits per heavy atom. The summed E-state index contributed by atoms with van der Waals surface area (Å²) in [5.74, 6) is 1.69. The SMILES string of the molecule is c1ccc2c(c1)sc1ccc(-n3c4ccccc4c4c(Oc5cccc6c5c5ccccc5n6-c5ccc6sc7ccccc7c6c5)cccc43)cc12. The van der Waals surface area contributed by atoms with Gasteiger partial charge in [0, 0.05) is 62.5 Å². The number of aromatic nitrogens is 2. The van der Waals surface area contributed by atoms with E-state index in [1.165, 1.54) is 51.1 Å². The highest BCUT2D eigenvalue weighted by Crippen LogP contribution is 2.45. The van der Waals surface area contributed by atoms with Crippen LogP contribution in [0.25, 0.3) is 95.3 Å². The van der Waals surface area contributed by atoms with Crippen molar-refractivity contribution in [1.29, 1.82) is 0 Å². The molecule has 5 heteroatoms. The van der Waals surface area contributed by atoms with E-state index >= 15 is 0 Å². The van der Waals surface area contributed by atoms with E-state index in [0.717, 1.165) is 55.7 Å². The number of thiophene rings is 2. The molecule has 0 fully saturated rings. The van der Waals surface area contributed by atoms with Gasteiger partial charge in [0.25, 0.3) is 0 Å². The predicted molar refractivity (Wildman–Crippen MR) is 227 cm³/mol. The zero-order valence-corrected chi connectivity index (χ0v) is 29.9. The topological polar surface area (TPSA) is 19.1 Å². The highest BCUT2D eigenvalue weighted by molar-refractivity contribution is 7.26. The minimum Gasteiger partial charge on any atom is -0.456 e. The molecule has 0 saturated heterocycles. The summed E-state index contributed by atoms with van der Waals surface area (Å²) in [4.78, 5) is 0. The fourth-order valence-corrected chi connectivity index (χ4v) is 10.7. The van der Waals surface area contributed by atoms with Crippen LogP contribution in [0.15, 0.2) is 170 Å². The standard InChI is InChI=1S/C48H28N2OS2/c1-5-15-37-33(13-1)47-39(49(37)29-23-25-45-35(27-29)31-11-3-7-21-43(31)52-45)17-9-19-41(47)51-42-20-10-18-40-48(42)34-14-2-6-16-38(34)50(40)30-24-26-46-36(28-30)32-12-4-8-22-44(32)53-46/h1-28H. The van der Waals surface area contributed by atoms with E-state index in [-0.39, 0.29) is 0 Å². The molecule has 0 atom stereocenters. The lowest BCUT2D eigenvalue weighted by Crippen LogP contribution is -1.94. The number of hydrogen-bond acceptors (Lipinski definition) is 3. The number of rotatable bonds is 4. The van der Waals surface area contributed by atoms with Crippen LogP contribution in [0.2, 0.25) is 0 Å². The average molecular weight is 713 g/mol. The molecule has 0 unspecified atom stereocenters. The van der Waals surface area contributed by atoms with Gasteiger partial charge < -0.3 is 13.9 Å². The molecule has 0 amide bonds. The van der Waals surface area contributed by atoms with Crippen LogP contribution >= 0.6 is 22.7 Å². The third-order valence-electron chi connectivity index (χ3n) is 10.8. The van der Waals surface area contributed by atoms with Gasteiger partial charge in [-0.15, -0.1) is 22.7 Å². The fourth-order valence-electron chi connectivity index (χ4n) is 8.52. The van der Waals surface area contributed by atoms with Crippen molar-refractivity contribution >= 4 is 107 Å². The van der Waals surface area contributed by atoms with Crippen molar-refractivity contribution < 1.29 is 4.74 Å². The highest BCUT2D eigenvalue weighted by Gasteiger charge is 2.21. The summed E-state index contributed by atoms with van der Waals surface area (Å²) in [6.07, 6.45) is 0. The Hall–Kier alpha value is -6.40. The predicted octanol–water partition coefficient (Wildman–Crippen LogP) is 14.4. The molecule has 0 spiro atoms. The first-order valence-electron chi connectivity index (χ1n) is 17.8. The van der Waals surface area contributed by atoms with Crippen LogP contribution in [0, 0.1) is 0 Å². The first kappa shape index (κ1) is 29.2. The Labute approximate surface area is 311 Å². The van der Waals surface area contributed by atoms with E-state index in [0.29, 0.717) is 0 Å². The van der Waals surface area contributed by atoms with Gasteiger partial charge in [-0.05, 0) is 84.9 Å². The van der Waals surface area contributed by atoms with Gasteiger partial charge in [-0.1, -0.05) is 84.9 Å². The quantitative estimate of drug-likeness (QED) is 0.178. The second-order valence-corrected chi connectivity index (χ2v) is 15.8. The maximum absolute atomic E-state index is 7.13. The van der Waals surface area contributed by atoms with Gasteiger partial charge in [-0.3, -0.25) is 0 Å². The number of benzene rings is 8. The van der Waals surface area contributed by atoms with Gasteiger partial charge in [0.1, 0.15) is 11.5 Å². The van der Waals surface area contributed by atoms with Gasteiger partial charge in [0.2, 0.25) is 0 Å². The van der Waals surface area contributed by atoms with Crippen molar-refractivity contribution in [2.24, 2.45) is 0 Å². The molecule has 12 aromatic rings. The molecule has 8 aromatic carbocycles. The maximum atomic E-state index is 7.13. The first-order chi connectivity index (χ1) is 26.3. The summed E-state index contributed by atoms with van der Waals surface area (Å²) >= 11 is 3.70. The summed E-state index contributed by atoms with van der Waals surface area (Å²) in [6, 6.07) is 61.4. The average Bonchev–Trinajstić information content (AvgIpc) is 3.95. The molecule has 248 valence electrons. The largest absolute Gasteiger partial charge is 0.456 e. The second kappa shape index (κ2) is 11.1. The van der Waals surface area contributed by atoms with Crippen LogP contribution < -0.4 is 4.74 Å². The molecule has 53 heavy (non-hydrogen) atoms. The lowest BCUT2D eigenvalue weighted by molar-refractivity contribution is 0.495. The number of fused-ring (bicyclic) bond motifs is 12. The molecule has 0 bridgehead atoms. The number of ether oxygens (including phenoxy) is 1. The molecule has 3 nitrogen and oxygen atoms in total. The fraction of sp³-hybridized carbons (Fsp3) is 0. The summed E-state index contributed by atoms with van der Waals surface area (Å²) in [6.45, 7) is 0. The number of para-hydroxylation sites is 2. The van der Waals surface area contributed by atoms with E-state index in [1.807, 2.05) is 22.7 Å². The number of hydrogen-bond donors (Lipinski definition) is 0. The normalized spacial score (nSPS) is 12.2. The minimum atomic E-state index is 0.843. The molecule has 0 radical (unpaired) electrons. The van der Waals surface area contributed by atoms with Crippen molar-refractivity contribution in [1.82, 2.24) is 9.13 Å². The Morgan fingerprint density at radius 3 is 1.21 bits per heavy atom. The van der Waals surface area contributed by atoms with Crippen LogP contribution in [0.3, 0.4) is 0 Å². The van der Waals surface area contributed by atoms with E-state index in [2.05, 4.69) is 179 Å². The minimum absolute atomic E-state index is 0.843. The van der Waals surface area contributed by atoms with E-state index in [9.17, 15) is 0 Å². The van der Waals surface area contributed by atoms with Gasteiger partial charge >= 0.3 is 0 Å². The second-order valence-electron chi connectivity index (χ2n) is 13.7. The zero-order valence-electron chi connectivity index (χ0n) is 28.3. The molecule has 0 aliphatic heterocycles. The first-order valence-corrected chi connectivity index (χ1v) is 19.5. The van der Waals surface area contributed by atoms with Crippen molar-refractivity contribution in [3.63, 3.8) is 0 Å². The zero-order chi connectivity index (χ0) is 34.6. The Kier molecular flexibility index (Phi) is 6.09. The van der Waals surface area contributed by atoms with E-state index < -0.39 is 0 Å². The van der Waals surface area contributed by atoms with Crippen molar-refractivity contribution in [3.05, 3.63) is 170 Å². The van der Waals surface area contributed by atoms with Crippen LogP contribution in [-0.2, 0) is 0 Å². The van der Waals surface area contributed by atoms with Crippen LogP contribution in [-0.4, -0.2) is 9.13 Å². The van der Waals surface area contributed by atoms with Gasteiger partial charge in [-0.2, -0.15) is 0 Å². The smallest absolute Gasteiger partial charge is 0.137 e. The van der Waals surface area contributed by atoms with Crippen molar-refractivity contribution in [3.8, 4) is 22.9 Å². The number of nitrogens with zero attached hydrogens (tertiary/aromatic N) is 2. The Bertz CT molecular complexity index is 3220. The molecule has 12 rings (SSSR count). The lowest BCUT2D eigenvalue weighted by atomic mass is 10.1. The van der Waals surface area contributed by atoms with E-state index in [4.69, 9.17) is 4.74 Å².